The number of amides is 1. The molecule has 24 heavy (non-hydrogen) atoms. The Morgan fingerprint density at radius 2 is 2.33 bits per heavy atom. The standard InChI is InChI=1S/C18H24N2O2S2/c1-12-10-24-18(19-12)16(8-13-6-7-23-11-13)20-17(21)14-4-3-5-15(9-14)22-2/h6-7,10-11,14-16H,3-5,8-9H2,1-2H3,(H,20,21)/t14-,15-,16+/m1/s1. The van der Waals surface area contributed by atoms with Gasteiger partial charge in [0.15, 0.2) is 0 Å². The summed E-state index contributed by atoms with van der Waals surface area (Å²) in [5, 5.41) is 10.5. The van der Waals surface area contributed by atoms with E-state index in [0.29, 0.717) is 0 Å². The third-order valence-electron chi connectivity index (χ3n) is 4.60. The highest BCUT2D eigenvalue weighted by Gasteiger charge is 2.29. The first-order valence-corrected chi connectivity index (χ1v) is 10.2. The SMILES string of the molecule is CO[C@@H]1CCC[C@@H](C(=O)N[C@@H](Cc2ccsc2)c2nc(C)cs2)C1. The van der Waals surface area contributed by atoms with E-state index in [2.05, 4.69) is 27.1 Å². The first-order chi connectivity index (χ1) is 11.7. The van der Waals surface area contributed by atoms with Crippen molar-refractivity contribution in [2.24, 2.45) is 5.92 Å². The molecule has 130 valence electrons. The van der Waals surface area contributed by atoms with E-state index in [4.69, 9.17) is 4.74 Å². The molecular weight excluding hydrogens is 340 g/mol. The molecule has 1 N–H and O–H groups in total. The average Bonchev–Trinajstić information content (AvgIpc) is 3.26. The molecule has 0 unspecified atom stereocenters. The number of carbonyl (C=O) groups is 1. The van der Waals surface area contributed by atoms with Crippen molar-refractivity contribution in [1.82, 2.24) is 10.3 Å². The highest BCUT2D eigenvalue weighted by Crippen LogP contribution is 2.28. The van der Waals surface area contributed by atoms with Crippen LogP contribution in [0.25, 0.3) is 0 Å². The number of thiophene rings is 1. The molecule has 3 atom stereocenters. The van der Waals surface area contributed by atoms with Crippen LogP contribution in [0.15, 0.2) is 22.2 Å². The summed E-state index contributed by atoms with van der Waals surface area (Å²) in [5.74, 6) is 0.194. The number of thiazole rings is 1. The summed E-state index contributed by atoms with van der Waals surface area (Å²) in [6, 6.07) is 2.07. The Labute approximate surface area is 151 Å². The van der Waals surface area contributed by atoms with Crippen molar-refractivity contribution < 1.29 is 9.53 Å². The molecule has 1 aliphatic rings. The van der Waals surface area contributed by atoms with Crippen LogP contribution in [-0.2, 0) is 16.0 Å². The fourth-order valence-electron chi connectivity index (χ4n) is 3.26. The molecular formula is C18H24N2O2S2. The van der Waals surface area contributed by atoms with Gasteiger partial charge in [-0.05, 0) is 48.6 Å². The maximum Gasteiger partial charge on any atom is 0.223 e. The second-order valence-corrected chi connectivity index (χ2v) is 8.11. The van der Waals surface area contributed by atoms with Gasteiger partial charge in [0.2, 0.25) is 5.91 Å². The van der Waals surface area contributed by atoms with E-state index in [1.807, 2.05) is 12.3 Å². The summed E-state index contributed by atoms with van der Waals surface area (Å²) in [6.45, 7) is 1.99. The molecule has 6 heteroatoms. The number of carbonyl (C=O) groups excluding carboxylic acids is 1. The molecule has 0 saturated heterocycles. The first kappa shape index (κ1) is 17.6. The smallest absolute Gasteiger partial charge is 0.223 e. The van der Waals surface area contributed by atoms with E-state index in [-0.39, 0.29) is 24.0 Å². The van der Waals surface area contributed by atoms with Gasteiger partial charge in [-0.2, -0.15) is 11.3 Å². The number of hydrogen-bond donors (Lipinski definition) is 1. The Bertz CT molecular complexity index is 654. The fourth-order valence-corrected chi connectivity index (χ4v) is 4.79. The molecule has 1 saturated carbocycles. The molecule has 1 aliphatic carbocycles. The molecule has 0 aromatic carbocycles. The largest absolute Gasteiger partial charge is 0.381 e. The lowest BCUT2D eigenvalue weighted by Gasteiger charge is -2.28. The second kappa shape index (κ2) is 8.23. The summed E-state index contributed by atoms with van der Waals surface area (Å²) < 4.78 is 5.46. The summed E-state index contributed by atoms with van der Waals surface area (Å²) in [6.07, 6.45) is 4.90. The average molecular weight is 365 g/mol. The second-order valence-electron chi connectivity index (χ2n) is 6.45. The minimum Gasteiger partial charge on any atom is -0.381 e. The quantitative estimate of drug-likeness (QED) is 0.839. The lowest BCUT2D eigenvalue weighted by Crippen LogP contribution is -2.38. The van der Waals surface area contributed by atoms with Crippen LogP contribution in [0.2, 0.25) is 0 Å². The molecule has 0 spiro atoms. The number of aryl methyl sites for hydroxylation is 1. The van der Waals surface area contributed by atoms with Gasteiger partial charge in [0.25, 0.3) is 0 Å². The third kappa shape index (κ3) is 4.43. The molecule has 2 aromatic rings. The number of rotatable bonds is 6. The van der Waals surface area contributed by atoms with Crippen LogP contribution in [0, 0.1) is 12.8 Å². The predicted octanol–water partition coefficient (Wildman–Crippen LogP) is 4.12. The maximum absolute atomic E-state index is 12.8. The summed E-state index contributed by atoms with van der Waals surface area (Å²) in [4.78, 5) is 17.4. The van der Waals surface area contributed by atoms with Crippen molar-refractivity contribution in [3.05, 3.63) is 38.5 Å². The van der Waals surface area contributed by atoms with E-state index in [9.17, 15) is 4.79 Å². The molecule has 4 nitrogen and oxygen atoms in total. The molecule has 0 radical (unpaired) electrons. The Kier molecular flexibility index (Phi) is 6.03. The minimum atomic E-state index is -0.0475. The van der Waals surface area contributed by atoms with Crippen molar-refractivity contribution >= 4 is 28.6 Å². The number of nitrogens with one attached hydrogen (secondary N) is 1. The van der Waals surface area contributed by atoms with Crippen molar-refractivity contribution in [2.45, 2.75) is 51.2 Å². The first-order valence-electron chi connectivity index (χ1n) is 8.42. The van der Waals surface area contributed by atoms with Crippen LogP contribution in [-0.4, -0.2) is 24.1 Å². The van der Waals surface area contributed by atoms with E-state index in [0.717, 1.165) is 42.8 Å². The van der Waals surface area contributed by atoms with Crippen LogP contribution < -0.4 is 5.32 Å². The van der Waals surface area contributed by atoms with Gasteiger partial charge in [-0.15, -0.1) is 11.3 Å². The van der Waals surface area contributed by atoms with Crippen LogP contribution in [0.5, 0.6) is 0 Å². The third-order valence-corrected chi connectivity index (χ3v) is 6.41. The van der Waals surface area contributed by atoms with E-state index >= 15 is 0 Å². The predicted molar refractivity (Wildman–Crippen MR) is 98.5 cm³/mol. The maximum atomic E-state index is 12.8. The van der Waals surface area contributed by atoms with Gasteiger partial charge in [-0.3, -0.25) is 4.79 Å². The van der Waals surface area contributed by atoms with Crippen molar-refractivity contribution in [1.29, 1.82) is 0 Å². The zero-order valence-electron chi connectivity index (χ0n) is 14.2. The van der Waals surface area contributed by atoms with Crippen molar-refractivity contribution in [3.8, 4) is 0 Å². The summed E-state index contributed by atoms with van der Waals surface area (Å²) in [7, 11) is 1.74. The number of nitrogens with zero attached hydrogens (tertiary/aromatic N) is 1. The molecule has 2 heterocycles. The topological polar surface area (TPSA) is 51.2 Å². The summed E-state index contributed by atoms with van der Waals surface area (Å²) >= 11 is 3.31. The van der Waals surface area contributed by atoms with Crippen molar-refractivity contribution in [2.75, 3.05) is 7.11 Å². The molecule has 2 aromatic heterocycles. The van der Waals surface area contributed by atoms with Crippen LogP contribution in [0.3, 0.4) is 0 Å². The summed E-state index contributed by atoms with van der Waals surface area (Å²) in [5.41, 5.74) is 2.26. The zero-order valence-corrected chi connectivity index (χ0v) is 15.8. The molecule has 0 aliphatic heterocycles. The molecule has 1 fully saturated rings. The van der Waals surface area contributed by atoms with Gasteiger partial charge in [-0.1, -0.05) is 6.42 Å². The van der Waals surface area contributed by atoms with Crippen LogP contribution in [0.4, 0.5) is 0 Å². The zero-order chi connectivity index (χ0) is 16.9. The number of aromatic nitrogens is 1. The van der Waals surface area contributed by atoms with Gasteiger partial charge in [0.05, 0.1) is 12.1 Å². The number of hydrogen-bond acceptors (Lipinski definition) is 5. The Hall–Kier alpha value is -1.24. The molecule has 0 bridgehead atoms. The van der Waals surface area contributed by atoms with Gasteiger partial charge >= 0.3 is 0 Å². The van der Waals surface area contributed by atoms with Crippen LogP contribution >= 0.6 is 22.7 Å². The monoisotopic (exact) mass is 364 g/mol. The Morgan fingerprint density at radius 3 is 3.00 bits per heavy atom. The minimum absolute atomic E-state index is 0.0475. The van der Waals surface area contributed by atoms with Crippen molar-refractivity contribution in [3.63, 3.8) is 0 Å². The number of ether oxygens (including phenoxy) is 1. The van der Waals surface area contributed by atoms with Gasteiger partial charge < -0.3 is 10.1 Å². The van der Waals surface area contributed by atoms with Gasteiger partial charge in [0, 0.05) is 30.5 Å². The molecule has 1 amide bonds. The molecule has 3 rings (SSSR count). The Balaban J connectivity index is 1.70. The van der Waals surface area contributed by atoms with Gasteiger partial charge in [-0.25, -0.2) is 4.98 Å². The fraction of sp³-hybridized carbons (Fsp3) is 0.556. The van der Waals surface area contributed by atoms with Crippen LogP contribution in [0.1, 0.15) is 48.0 Å². The van der Waals surface area contributed by atoms with E-state index in [1.165, 1.54) is 5.56 Å². The van der Waals surface area contributed by atoms with E-state index in [1.54, 1.807) is 29.8 Å². The normalized spacial score (nSPS) is 22.2. The highest BCUT2D eigenvalue weighted by atomic mass is 32.1. The number of methoxy groups -OCH3 is 1. The van der Waals surface area contributed by atoms with E-state index < -0.39 is 0 Å². The van der Waals surface area contributed by atoms with Gasteiger partial charge in [0.1, 0.15) is 5.01 Å². The lowest BCUT2D eigenvalue weighted by molar-refractivity contribution is -0.128. The lowest BCUT2D eigenvalue weighted by atomic mass is 9.86. The Morgan fingerprint density at radius 1 is 1.46 bits per heavy atom. The highest BCUT2D eigenvalue weighted by molar-refractivity contribution is 7.09.